The minimum atomic E-state index is 1.18. The maximum Gasteiger partial charge on any atom is -0.0106 e. The van der Waals surface area contributed by atoms with E-state index in [4.69, 9.17) is 0 Å². The van der Waals surface area contributed by atoms with Crippen molar-refractivity contribution >= 4 is 12.2 Å². The van der Waals surface area contributed by atoms with E-state index in [1.165, 1.54) is 112 Å². The van der Waals surface area contributed by atoms with Crippen LogP contribution in [-0.4, -0.2) is 0 Å². The van der Waals surface area contributed by atoms with Crippen molar-refractivity contribution in [3.63, 3.8) is 0 Å². The zero-order valence-electron chi connectivity index (χ0n) is 20.8. The van der Waals surface area contributed by atoms with E-state index in [1.54, 1.807) is 0 Å². The standard InChI is InChI=1S/C32H46/c1-3-5-7-9-11-13-15-17-23-29-25-19-21-27-31(29)32-28-22-20-26-30(32)24-18-16-14-12-10-8-6-4-2/h17-28H,3-16H2,1-2H3/b23-17+,24-18+. The van der Waals surface area contributed by atoms with Gasteiger partial charge in [-0.1, -0.05) is 151 Å². The van der Waals surface area contributed by atoms with Gasteiger partial charge in [0.25, 0.3) is 0 Å². The highest BCUT2D eigenvalue weighted by Crippen LogP contribution is 2.29. The maximum atomic E-state index is 2.37. The molecule has 0 heteroatoms. The summed E-state index contributed by atoms with van der Waals surface area (Å²) in [6.07, 6.45) is 28.1. The van der Waals surface area contributed by atoms with Crippen LogP contribution in [0.1, 0.15) is 115 Å². The minimum Gasteiger partial charge on any atom is -0.0839 e. The fraction of sp³-hybridized carbons (Fsp3) is 0.500. The normalized spacial score (nSPS) is 11.7. The summed E-state index contributed by atoms with van der Waals surface area (Å²) >= 11 is 0. The summed E-state index contributed by atoms with van der Waals surface area (Å²) in [6.45, 7) is 4.56. The van der Waals surface area contributed by atoms with Crippen LogP contribution in [0.3, 0.4) is 0 Å². The van der Waals surface area contributed by atoms with Gasteiger partial charge in [-0.2, -0.15) is 0 Å². The van der Waals surface area contributed by atoms with E-state index in [9.17, 15) is 0 Å². The molecule has 2 rings (SSSR count). The molecule has 2 aromatic carbocycles. The smallest absolute Gasteiger partial charge is 0.0106 e. The van der Waals surface area contributed by atoms with Gasteiger partial charge >= 0.3 is 0 Å². The van der Waals surface area contributed by atoms with Crippen molar-refractivity contribution in [1.82, 2.24) is 0 Å². The highest BCUT2D eigenvalue weighted by atomic mass is 14.1. The van der Waals surface area contributed by atoms with E-state index in [0.717, 1.165) is 0 Å². The van der Waals surface area contributed by atoms with Crippen molar-refractivity contribution in [3.05, 3.63) is 71.8 Å². The van der Waals surface area contributed by atoms with Crippen LogP contribution in [-0.2, 0) is 0 Å². The molecule has 0 radical (unpaired) electrons. The maximum absolute atomic E-state index is 2.37. The Bertz CT molecular complexity index is 713. The average molecular weight is 431 g/mol. The third-order valence-corrected chi connectivity index (χ3v) is 6.26. The molecule has 0 aromatic heterocycles. The summed E-state index contributed by atoms with van der Waals surface area (Å²) in [4.78, 5) is 0. The Balaban J connectivity index is 1.93. The van der Waals surface area contributed by atoms with Gasteiger partial charge in [0, 0.05) is 0 Å². The Morgan fingerprint density at radius 3 is 1.28 bits per heavy atom. The Morgan fingerprint density at radius 1 is 0.469 bits per heavy atom. The summed E-state index contributed by atoms with van der Waals surface area (Å²) in [6, 6.07) is 17.7. The first kappa shape index (κ1) is 26.2. The molecular weight excluding hydrogens is 384 g/mol. The molecule has 0 nitrogen and oxygen atoms in total. The van der Waals surface area contributed by atoms with Crippen LogP contribution in [0.4, 0.5) is 0 Å². The third-order valence-electron chi connectivity index (χ3n) is 6.26. The molecule has 0 saturated heterocycles. The quantitative estimate of drug-likeness (QED) is 0.219. The second kappa shape index (κ2) is 17.5. The van der Waals surface area contributed by atoms with E-state index in [0.29, 0.717) is 0 Å². The van der Waals surface area contributed by atoms with Crippen LogP contribution < -0.4 is 0 Å². The van der Waals surface area contributed by atoms with Crippen LogP contribution in [0.25, 0.3) is 23.3 Å². The first-order chi connectivity index (χ1) is 15.9. The lowest BCUT2D eigenvalue weighted by molar-refractivity contribution is 0.611. The van der Waals surface area contributed by atoms with Gasteiger partial charge in [0.05, 0.1) is 0 Å². The molecule has 0 bridgehead atoms. The molecule has 0 amide bonds. The van der Waals surface area contributed by atoms with E-state index < -0.39 is 0 Å². The van der Waals surface area contributed by atoms with Gasteiger partial charge < -0.3 is 0 Å². The van der Waals surface area contributed by atoms with Crippen LogP contribution >= 0.6 is 0 Å². The number of hydrogen-bond donors (Lipinski definition) is 0. The molecule has 0 fully saturated rings. The molecule has 2 aromatic rings. The Hall–Kier alpha value is -2.08. The van der Waals surface area contributed by atoms with E-state index >= 15 is 0 Å². The number of allylic oxidation sites excluding steroid dienone is 2. The Kier molecular flexibility index (Phi) is 14.3. The summed E-state index contributed by atoms with van der Waals surface area (Å²) in [5.41, 5.74) is 5.34. The highest BCUT2D eigenvalue weighted by molar-refractivity contribution is 5.81. The van der Waals surface area contributed by atoms with Gasteiger partial charge in [-0.15, -0.1) is 0 Å². The third kappa shape index (κ3) is 10.5. The summed E-state index contributed by atoms with van der Waals surface area (Å²) in [5.74, 6) is 0. The van der Waals surface area contributed by atoms with Crippen molar-refractivity contribution in [1.29, 1.82) is 0 Å². The van der Waals surface area contributed by atoms with Crippen LogP contribution in [0.2, 0.25) is 0 Å². The highest BCUT2D eigenvalue weighted by Gasteiger charge is 2.05. The predicted molar refractivity (Wildman–Crippen MR) is 146 cm³/mol. The lowest BCUT2D eigenvalue weighted by Gasteiger charge is -2.10. The van der Waals surface area contributed by atoms with Gasteiger partial charge in [-0.25, -0.2) is 0 Å². The summed E-state index contributed by atoms with van der Waals surface area (Å²) < 4.78 is 0. The predicted octanol–water partition coefficient (Wildman–Crippen LogP) is 10.9. The minimum absolute atomic E-state index is 1.18. The van der Waals surface area contributed by atoms with Gasteiger partial charge in [0.1, 0.15) is 0 Å². The largest absolute Gasteiger partial charge is 0.0839 e. The SMILES string of the molecule is CCCCCCCC/C=C/c1ccccc1-c1ccccc1/C=C/CCCCCCCC. The number of hydrogen-bond acceptors (Lipinski definition) is 0. The number of rotatable bonds is 17. The molecule has 32 heavy (non-hydrogen) atoms. The van der Waals surface area contributed by atoms with Gasteiger partial charge in [0.15, 0.2) is 0 Å². The molecule has 0 aliphatic heterocycles. The van der Waals surface area contributed by atoms with Gasteiger partial charge in [-0.05, 0) is 47.9 Å². The first-order valence-corrected chi connectivity index (χ1v) is 13.4. The summed E-state index contributed by atoms with van der Waals surface area (Å²) in [5, 5.41) is 0. The average Bonchev–Trinajstić information content (AvgIpc) is 2.83. The molecule has 0 heterocycles. The fourth-order valence-corrected chi connectivity index (χ4v) is 4.28. The zero-order chi connectivity index (χ0) is 22.7. The molecule has 0 saturated carbocycles. The van der Waals surface area contributed by atoms with Crippen molar-refractivity contribution in [3.8, 4) is 11.1 Å². The van der Waals surface area contributed by atoms with Crippen molar-refractivity contribution < 1.29 is 0 Å². The zero-order valence-corrected chi connectivity index (χ0v) is 20.8. The second-order valence-electron chi connectivity index (χ2n) is 9.09. The number of benzene rings is 2. The first-order valence-electron chi connectivity index (χ1n) is 13.4. The lowest BCUT2D eigenvalue weighted by atomic mass is 9.94. The second-order valence-corrected chi connectivity index (χ2v) is 9.09. The van der Waals surface area contributed by atoms with E-state index in [1.807, 2.05) is 0 Å². The molecule has 0 unspecified atom stereocenters. The Labute approximate surface area is 198 Å². The van der Waals surface area contributed by atoms with Crippen LogP contribution in [0, 0.1) is 0 Å². The van der Waals surface area contributed by atoms with Gasteiger partial charge in [-0.3, -0.25) is 0 Å². The molecular formula is C32H46. The monoisotopic (exact) mass is 430 g/mol. The van der Waals surface area contributed by atoms with Crippen molar-refractivity contribution in [2.75, 3.05) is 0 Å². The molecule has 0 spiro atoms. The fourth-order valence-electron chi connectivity index (χ4n) is 4.28. The number of unbranched alkanes of at least 4 members (excludes halogenated alkanes) is 12. The molecule has 0 atom stereocenters. The summed E-state index contributed by atoms with van der Waals surface area (Å²) in [7, 11) is 0. The van der Waals surface area contributed by atoms with Crippen LogP contribution in [0.5, 0.6) is 0 Å². The molecule has 0 N–H and O–H groups in total. The van der Waals surface area contributed by atoms with E-state index in [-0.39, 0.29) is 0 Å². The molecule has 0 aliphatic carbocycles. The van der Waals surface area contributed by atoms with Crippen LogP contribution in [0.15, 0.2) is 60.7 Å². The lowest BCUT2D eigenvalue weighted by Crippen LogP contribution is -1.87. The van der Waals surface area contributed by atoms with Crippen molar-refractivity contribution in [2.45, 2.75) is 104 Å². The van der Waals surface area contributed by atoms with Crippen molar-refractivity contribution in [2.24, 2.45) is 0 Å². The molecule has 174 valence electrons. The van der Waals surface area contributed by atoms with E-state index in [2.05, 4.69) is 86.7 Å². The molecule has 0 aliphatic rings. The topological polar surface area (TPSA) is 0 Å². The van der Waals surface area contributed by atoms with Gasteiger partial charge in [0.2, 0.25) is 0 Å². The Morgan fingerprint density at radius 2 is 0.844 bits per heavy atom.